The maximum absolute atomic E-state index is 10.8. The lowest BCUT2D eigenvalue weighted by Gasteiger charge is -1.81. The number of thiocyanates is 1. The predicted molar refractivity (Wildman–Crippen MR) is 46.0 cm³/mol. The molecule has 60 valence electrons. The Kier molecular flexibility index (Phi) is 3.17. The molecule has 0 spiro atoms. The Morgan fingerprint density at radius 2 is 2.58 bits per heavy atom. The monoisotopic (exact) mass is 179 g/mol. The Labute approximate surface area is 73.7 Å². The number of rotatable bonds is 2. The average Bonchev–Trinajstić information content (AvgIpc) is 2.53. The lowest BCUT2D eigenvalue weighted by atomic mass is 10.4. The van der Waals surface area contributed by atoms with Gasteiger partial charge in [0.05, 0.1) is 6.26 Å². The van der Waals surface area contributed by atoms with Crippen molar-refractivity contribution in [2.45, 2.75) is 0 Å². The number of hydrogen-bond donors (Lipinski definition) is 0. The van der Waals surface area contributed by atoms with E-state index in [1.165, 1.54) is 18.4 Å². The van der Waals surface area contributed by atoms with Gasteiger partial charge in [0.2, 0.25) is 5.12 Å². The maximum Gasteiger partial charge on any atom is 0.226 e. The summed E-state index contributed by atoms with van der Waals surface area (Å²) in [5.41, 5.74) is 0. The first-order valence-corrected chi connectivity index (χ1v) is 3.96. The van der Waals surface area contributed by atoms with Crippen LogP contribution in [-0.2, 0) is 4.79 Å². The van der Waals surface area contributed by atoms with Gasteiger partial charge >= 0.3 is 0 Å². The van der Waals surface area contributed by atoms with E-state index >= 15 is 0 Å². The standard InChI is InChI=1S/C8H5NO2S/c9-6-12-8(10)4-3-7-2-1-5-11-7/h1-5H/b4-3+. The van der Waals surface area contributed by atoms with Gasteiger partial charge in [-0.25, -0.2) is 0 Å². The molecule has 0 atom stereocenters. The molecule has 0 saturated carbocycles. The zero-order valence-corrected chi connectivity index (χ0v) is 6.88. The van der Waals surface area contributed by atoms with Crippen molar-refractivity contribution in [2.75, 3.05) is 0 Å². The zero-order valence-electron chi connectivity index (χ0n) is 6.06. The Morgan fingerprint density at radius 1 is 1.75 bits per heavy atom. The molecular formula is C8H5NO2S. The summed E-state index contributed by atoms with van der Waals surface area (Å²) in [5, 5.41) is 9.51. The van der Waals surface area contributed by atoms with Gasteiger partial charge in [-0.05, 0) is 24.3 Å². The van der Waals surface area contributed by atoms with Gasteiger partial charge in [-0.3, -0.25) is 4.79 Å². The van der Waals surface area contributed by atoms with Gasteiger partial charge in [0.25, 0.3) is 0 Å². The van der Waals surface area contributed by atoms with Crippen molar-refractivity contribution in [2.24, 2.45) is 0 Å². The zero-order chi connectivity index (χ0) is 8.81. The number of thioether (sulfide) groups is 1. The van der Waals surface area contributed by atoms with Gasteiger partial charge in [-0.1, -0.05) is 0 Å². The van der Waals surface area contributed by atoms with E-state index in [0.29, 0.717) is 17.5 Å². The summed E-state index contributed by atoms with van der Waals surface area (Å²) in [6.45, 7) is 0. The van der Waals surface area contributed by atoms with Crippen molar-refractivity contribution in [3.63, 3.8) is 0 Å². The molecule has 0 fully saturated rings. The molecule has 0 unspecified atom stereocenters. The lowest BCUT2D eigenvalue weighted by Crippen LogP contribution is -1.79. The van der Waals surface area contributed by atoms with Crippen LogP contribution in [0.4, 0.5) is 0 Å². The van der Waals surface area contributed by atoms with Gasteiger partial charge in [0, 0.05) is 11.8 Å². The summed E-state index contributed by atoms with van der Waals surface area (Å²) in [6.07, 6.45) is 4.33. The molecule has 12 heavy (non-hydrogen) atoms. The Hall–Kier alpha value is -1.47. The Bertz CT molecular complexity index is 321. The van der Waals surface area contributed by atoms with E-state index < -0.39 is 0 Å². The van der Waals surface area contributed by atoms with Crippen LogP contribution in [0.3, 0.4) is 0 Å². The highest BCUT2D eigenvalue weighted by Gasteiger charge is 1.95. The molecule has 3 nitrogen and oxygen atoms in total. The first-order valence-electron chi connectivity index (χ1n) is 3.14. The molecule has 0 bridgehead atoms. The minimum atomic E-state index is -0.297. The SMILES string of the molecule is N#CSC(=O)/C=C/c1ccco1. The van der Waals surface area contributed by atoms with Crippen LogP contribution in [0.5, 0.6) is 0 Å². The van der Waals surface area contributed by atoms with Crippen LogP contribution in [0, 0.1) is 10.7 Å². The molecule has 1 rings (SSSR count). The van der Waals surface area contributed by atoms with E-state index in [0.717, 1.165) is 0 Å². The average molecular weight is 179 g/mol. The molecule has 0 amide bonds. The fourth-order valence-corrected chi connectivity index (χ4v) is 0.841. The van der Waals surface area contributed by atoms with E-state index in [-0.39, 0.29) is 5.12 Å². The van der Waals surface area contributed by atoms with Crippen LogP contribution < -0.4 is 0 Å². The van der Waals surface area contributed by atoms with Crippen molar-refractivity contribution in [3.8, 4) is 5.40 Å². The van der Waals surface area contributed by atoms with Gasteiger partial charge in [0.15, 0.2) is 0 Å². The Morgan fingerprint density at radius 3 is 3.17 bits per heavy atom. The minimum Gasteiger partial charge on any atom is -0.465 e. The smallest absolute Gasteiger partial charge is 0.226 e. The van der Waals surface area contributed by atoms with E-state index in [2.05, 4.69) is 0 Å². The molecule has 0 aliphatic rings. The third-order valence-electron chi connectivity index (χ3n) is 1.07. The summed E-state index contributed by atoms with van der Waals surface area (Å²) >= 11 is 0.591. The van der Waals surface area contributed by atoms with Crippen molar-refractivity contribution >= 4 is 23.0 Å². The van der Waals surface area contributed by atoms with Gasteiger partial charge in [-0.2, -0.15) is 5.26 Å². The molecule has 0 radical (unpaired) electrons. The molecule has 1 heterocycles. The maximum atomic E-state index is 10.8. The summed E-state index contributed by atoms with van der Waals surface area (Å²) in [5.74, 6) is 0.599. The van der Waals surface area contributed by atoms with Crippen molar-refractivity contribution in [1.29, 1.82) is 5.26 Å². The van der Waals surface area contributed by atoms with Crippen LogP contribution in [0.25, 0.3) is 6.08 Å². The molecule has 0 aliphatic heterocycles. The molecular weight excluding hydrogens is 174 g/mol. The van der Waals surface area contributed by atoms with Crippen LogP contribution in [0.15, 0.2) is 28.9 Å². The van der Waals surface area contributed by atoms with Crippen LogP contribution in [-0.4, -0.2) is 5.12 Å². The third kappa shape index (κ3) is 2.64. The van der Waals surface area contributed by atoms with Gasteiger partial charge in [0.1, 0.15) is 11.2 Å². The van der Waals surface area contributed by atoms with Crippen LogP contribution >= 0.6 is 11.8 Å². The second-order valence-electron chi connectivity index (χ2n) is 1.86. The quantitative estimate of drug-likeness (QED) is 0.515. The predicted octanol–water partition coefficient (Wildman–Crippen LogP) is 2.03. The largest absolute Gasteiger partial charge is 0.465 e. The van der Waals surface area contributed by atoms with E-state index in [1.807, 2.05) is 0 Å². The van der Waals surface area contributed by atoms with Gasteiger partial charge in [-0.15, -0.1) is 0 Å². The molecule has 4 heteroatoms. The van der Waals surface area contributed by atoms with Crippen LogP contribution in [0.1, 0.15) is 5.76 Å². The molecule has 1 aromatic rings. The topological polar surface area (TPSA) is 54.0 Å². The molecule has 0 N–H and O–H groups in total. The highest BCUT2D eigenvalue weighted by atomic mass is 32.2. The first-order chi connectivity index (χ1) is 5.83. The molecule has 1 aromatic heterocycles. The second kappa shape index (κ2) is 4.42. The molecule has 0 aliphatic carbocycles. The number of hydrogen-bond acceptors (Lipinski definition) is 4. The van der Waals surface area contributed by atoms with Crippen LogP contribution in [0.2, 0.25) is 0 Å². The summed E-state index contributed by atoms with van der Waals surface area (Å²) in [4.78, 5) is 10.8. The number of nitriles is 1. The fourth-order valence-electron chi connectivity index (χ4n) is 0.615. The number of nitrogens with zero attached hydrogens (tertiary/aromatic N) is 1. The van der Waals surface area contributed by atoms with E-state index in [9.17, 15) is 4.79 Å². The third-order valence-corrected chi connectivity index (χ3v) is 1.50. The highest BCUT2D eigenvalue weighted by molar-refractivity contribution is 8.17. The molecule has 0 aromatic carbocycles. The Balaban J connectivity index is 2.52. The summed E-state index contributed by atoms with van der Waals surface area (Å²) < 4.78 is 4.93. The second-order valence-corrected chi connectivity index (χ2v) is 2.65. The lowest BCUT2D eigenvalue weighted by molar-refractivity contribution is -0.106. The number of furan rings is 1. The number of carbonyl (C=O) groups excluding carboxylic acids is 1. The number of carbonyl (C=O) groups is 1. The van der Waals surface area contributed by atoms with Gasteiger partial charge < -0.3 is 4.42 Å². The normalized spacial score (nSPS) is 9.92. The summed E-state index contributed by atoms with van der Waals surface area (Å²) in [7, 11) is 0. The van der Waals surface area contributed by atoms with Crippen molar-refractivity contribution in [1.82, 2.24) is 0 Å². The fraction of sp³-hybridized carbons (Fsp3) is 0. The van der Waals surface area contributed by atoms with Crippen molar-refractivity contribution < 1.29 is 9.21 Å². The van der Waals surface area contributed by atoms with E-state index in [1.54, 1.807) is 17.5 Å². The molecule has 0 saturated heterocycles. The highest BCUT2D eigenvalue weighted by Crippen LogP contribution is 2.05. The summed E-state index contributed by atoms with van der Waals surface area (Å²) in [6, 6.07) is 3.45. The van der Waals surface area contributed by atoms with E-state index in [4.69, 9.17) is 9.68 Å². The van der Waals surface area contributed by atoms with Crippen molar-refractivity contribution in [3.05, 3.63) is 30.2 Å². The first kappa shape index (κ1) is 8.62. The minimum absolute atomic E-state index is 0.297.